The lowest BCUT2D eigenvalue weighted by Gasteiger charge is -1.99. The van der Waals surface area contributed by atoms with E-state index in [1.807, 2.05) is 12.1 Å². The number of carboxylic acid groups (broad SMARTS) is 1. The Kier molecular flexibility index (Phi) is 2.67. The largest absolute Gasteiger partial charge is 0.477 e. The van der Waals surface area contributed by atoms with Crippen LogP contribution in [0, 0.1) is 6.92 Å². The third-order valence-corrected chi connectivity index (χ3v) is 4.39. The highest BCUT2D eigenvalue weighted by atomic mass is 32.1. The molecule has 3 rings (SSSR count). The minimum atomic E-state index is -0.897. The zero-order valence-corrected chi connectivity index (χ0v) is 10.8. The van der Waals surface area contributed by atoms with E-state index in [1.165, 1.54) is 29.7 Å². The molecule has 0 radical (unpaired) electrons. The van der Waals surface area contributed by atoms with Gasteiger partial charge in [0.15, 0.2) is 0 Å². The molecule has 1 fully saturated rings. The van der Waals surface area contributed by atoms with Crippen molar-refractivity contribution < 1.29 is 9.90 Å². The van der Waals surface area contributed by atoms with Gasteiger partial charge in [0.25, 0.3) is 0 Å². The number of carboxylic acids is 1. The number of thiazole rings is 1. The number of benzene rings is 1. The number of hydrogen-bond acceptors (Lipinski definition) is 3. The Labute approximate surface area is 109 Å². The fraction of sp³-hybridized carbons (Fsp3) is 0.286. The molecule has 0 amide bonds. The first-order valence-corrected chi connectivity index (χ1v) is 6.78. The van der Waals surface area contributed by atoms with Gasteiger partial charge in [-0.25, -0.2) is 9.78 Å². The summed E-state index contributed by atoms with van der Waals surface area (Å²) in [6, 6.07) is 8.34. The van der Waals surface area contributed by atoms with Gasteiger partial charge in [0.2, 0.25) is 0 Å². The van der Waals surface area contributed by atoms with Gasteiger partial charge < -0.3 is 5.11 Å². The van der Waals surface area contributed by atoms with Crippen molar-refractivity contribution in [2.45, 2.75) is 25.7 Å². The Morgan fingerprint density at radius 3 is 2.50 bits per heavy atom. The average Bonchev–Trinajstić information content (AvgIpc) is 3.12. The normalized spacial score (nSPS) is 14.7. The van der Waals surface area contributed by atoms with Crippen LogP contribution < -0.4 is 0 Å². The van der Waals surface area contributed by atoms with Crippen LogP contribution in [0.3, 0.4) is 0 Å². The van der Waals surface area contributed by atoms with E-state index in [1.54, 1.807) is 6.92 Å². The highest BCUT2D eigenvalue weighted by Gasteiger charge is 2.23. The molecule has 0 atom stereocenters. The average molecular weight is 259 g/mol. The second-order valence-corrected chi connectivity index (χ2v) is 5.63. The van der Waals surface area contributed by atoms with E-state index < -0.39 is 5.97 Å². The molecular weight excluding hydrogens is 246 g/mol. The van der Waals surface area contributed by atoms with E-state index in [2.05, 4.69) is 17.1 Å². The van der Waals surface area contributed by atoms with E-state index in [9.17, 15) is 4.79 Å². The van der Waals surface area contributed by atoms with E-state index in [-0.39, 0.29) is 0 Å². The molecule has 2 aromatic rings. The number of rotatable bonds is 3. The zero-order valence-electron chi connectivity index (χ0n) is 10.0. The van der Waals surface area contributed by atoms with E-state index in [4.69, 9.17) is 5.11 Å². The Bertz CT molecular complexity index is 597. The smallest absolute Gasteiger partial charge is 0.347 e. The summed E-state index contributed by atoms with van der Waals surface area (Å²) in [6.07, 6.45) is 2.58. The standard InChI is InChI=1S/C14H13NO2S/c1-8-12(14(16)17)18-13(15-8)11-6-4-10(5-7-11)9-2-3-9/h4-7,9H,2-3H2,1H3,(H,16,17). The molecular formula is C14H13NO2S. The molecule has 1 aromatic carbocycles. The predicted molar refractivity (Wildman–Crippen MR) is 71.2 cm³/mol. The summed E-state index contributed by atoms with van der Waals surface area (Å²) in [5.74, 6) is -0.155. The lowest BCUT2D eigenvalue weighted by atomic mass is 10.1. The lowest BCUT2D eigenvalue weighted by Crippen LogP contribution is -1.94. The van der Waals surface area contributed by atoms with Crippen LogP contribution in [0.5, 0.6) is 0 Å². The van der Waals surface area contributed by atoms with E-state index in [0.29, 0.717) is 10.6 Å². The van der Waals surface area contributed by atoms with Crippen molar-refractivity contribution in [3.8, 4) is 10.6 Å². The van der Waals surface area contributed by atoms with Gasteiger partial charge in [-0.2, -0.15) is 0 Å². The number of aromatic carboxylic acids is 1. The predicted octanol–water partition coefficient (Wildman–Crippen LogP) is 3.69. The topological polar surface area (TPSA) is 50.2 Å². The molecule has 1 aliphatic carbocycles. The second kappa shape index (κ2) is 4.21. The van der Waals surface area contributed by atoms with Crippen LogP contribution in [-0.2, 0) is 0 Å². The van der Waals surface area contributed by atoms with Crippen molar-refractivity contribution in [1.29, 1.82) is 0 Å². The summed E-state index contributed by atoms with van der Waals surface area (Å²) in [6.45, 7) is 1.74. The molecule has 1 aliphatic rings. The number of carbonyl (C=O) groups is 1. The quantitative estimate of drug-likeness (QED) is 0.914. The third kappa shape index (κ3) is 2.04. The van der Waals surface area contributed by atoms with Crippen LogP contribution >= 0.6 is 11.3 Å². The molecule has 1 aromatic heterocycles. The van der Waals surface area contributed by atoms with Crippen LogP contribution in [0.1, 0.15) is 39.7 Å². The highest BCUT2D eigenvalue weighted by Crippen LogP contribution is 2.40. The first kappa shape index (κ1) is 11.4. The summed E-state index contributed by atoms with van der Waals surface area (Å²) in [4.78, 5) is 15.6. The molecule has 1 saturated carbocycles. The number of aryl methyl sites for hydroxylation is 1. The minimum Gasteiger partial charge on any atom is -0.477 e. The summed E-state index contributed by atoms with van der Waals surface area (Å²) < 4.78 is 0. The van der Waals surface area contributed by atoms with Crippen molar-refractivity contribution in [2.24, 2.45) is 0 Å². The van der Waals surface area contributed by atoms with Gasteiger partial charge in [0, 0.05) is 5.56 Å². The van der Waals surface area contributed by atoms with Crippen molar-refractivity contribution in [3.05, 3.63) is 40.4 Å². The molecule has 0 aliphatic heterocycles. The first-order valence-electron chi connectivity index (χ1n) is 5.96. The van der Waals surface area contributed by atoms with Gasteiger partial charge in [-0.05, 0) is 31.2 Å². The molecule has 18 heavy (non-hydrogen) atoms. The summed E-state index contributed by atoms with van der Waals surface area (Å²) in [5.41, 5.74) is 2.97. The van der Waals surface area contributed by atoms with E-state index in [0.717, 1.165) is 16.5 Å². The number of nitrogens with zero attached hydrogens (tertiary/aromatic N) is 1. The molecule has 3 nitrogen and oxygen atoms in total. The highest BCUT2D eigenvalue weighted by molar-refractivity contribution is 7.17. The first-order chi connectivity index (χ1) is 8.65. The number of aromatic nitrogens is 1. The van der Waals surface area contributed by atoms with Crippen LogP contribution in [0.4, 0.5) is 0 Å². The second-order valence-electron chi connectivity index (χ2n) is 4.63. The van der Waals surface area contributed by atoms with Gasteiger partial charge in [0.05, 0.1) is 5.69 Å². The van der Waals surface area contributed by atoms with Crippen molar-refractivity contribution in [1.82, 2.24) is 4.98 Å². The van der Waals surface area contributed by atoms with E-state index >= 15 is 0 Å². The molecule has 4 heteroatoms. The zero-order chi connectivity index (χ0) is 12.7. The third-order valence-electron chi connectivity index (χ3n) is 3.20. The van der Waals surface area contributed by atoms with Crippen LogP contribution in [0.2, 0.25) is 0 Å². The summed E-state index contributed by atoms with van der Waals surface area (Å²) >= 11 is 1.24. The lowest BCUT2D eigenvalue weighted by molar-refractivity contribution is 0.0701. The maximum Gasteiger partial charge on any atom is 0.347 e. The molecule has 0 saturated heterocycles. The van der Waals surface area contributed by atoms with Gasteiger partial charge >= 0.3 is 5.97 Å². The summed E-state index contributed by atoms with van der Waals surface area (Å²) in [7, 11) is 0. The Morgan fingerprint density at radius 2 is 2.00 bits per heavy atom. The molecule has 0 bridgehead atoms. The van der Waals surface area contributed by atoms with Crippen molar-refractivity contribution in [3.63, 3.8) is 0 Å². The molecule has 1 heterocycles. The number of hydrogen-bond donors (Lipinski definition) is 1. The maximum atomic E-state index is 11.0. The van der Waals surface area contributed by atoms with Crippen LogP contribution in [0.15, 0.2) is 24.3 Å². The minimum absolute atomic E-state index is 0.330. The van der Waals surface area contributed by atoms with Gasteiger partial charge in [-0.3, -0.25) is 0 Å². The SMILES string of the molecule is Cc1nc(-c2ccc(C3CC3)cc2)sc1C(=O)O. The molecule has 1 N–H and O–H groups in total. The molecule has 0 unspecified atom stereocenters. The fourth-order valence-electron chi connectivity index (χ4n) is 2.03. The Morgan fingerprint density at radius 1 is 1.33 bits per heavy atom. The maximum absolute atomic E-state index is 11.0. The molecule has 92 valence electrons. The summed E-state index contributed by atoms with van der Waals surface area (Å²) in [5, 5.41) is 9.81. The Balaban J connectivity index is 1.93. The van der Waals surface area contributed by atoms with Crippen LogP contribution in [0.25, 0.3) is 10.6 Å². The Hall–Kier alpha value is -1.68. The van der Waals surface area contributed by atoms with Crippen molar-refractivity contribution in [2.75, 3.05) is 0 Å². The van der Waals surface area contributed by atoms with Gasteiger partial charge in [-0.1, -0.05) is 24.3 Å². The van der Waals surface area contributed by atoms with Crippen molar-refractivity contribution >= 4 is 17.3 Å². The monoisotopic (exact) mass is 259 g/mol. The van der Waals surface area contributed by atoms with Crippen LogP contribution in [-0.4, -0.2) is 16.1 Å². The van der Waals surface area contributed by atoms with Gasteiger partial charge in [-0.15, -0.1) is 11.3 Å². The molecule has 0 spiro atoms. The van der Waals surface area contributed by atoms with Gasteiger partial charge in [0.1, 0.15) is 9.88 Å². The fourth-order valence-corrected chi connectivity index (χ4v) is 2.94.